The van der Waals surface area contributed by atoms with E-state index in [-0.39, 0.29) is 12.6 Å². The van der Waals surface area contributed by atoms with Gasteiger partial charge in [0, 0.05) is 16.7 Å². The second-order valence-electron chi connectivity index (χ2n) is 3.46. The Kier molecular flexibility index (Phi) is 6.48. The molecule has 1 unspecified atom stereocenters. The van der Waals surface area contributed by atoms with Gasteiger partial charge < -0.3 is 10.4 Å². The zero-order chi connectivity index (χ0) is 10.9. The summed E-state index contributed by atoms with van der Waals surface area (Å²) in [5, 5.41) is 12.5. The SMILES string of the molecule is CCCNC(CO)CSc1ccccc1. The van der Waals surface area contributed by atoms with Crippen molar-refractivity contribution in [2.24, 2.45) is 0 Å². The Balaban J connectivity index is 2.28. The van der Waals surface area contributed by atoms with E-state index in [0.717, 1.165) is 18.7 Å². The van der Waals surface area contributed by atoms with E-state index in [1.165, 1.54) is 4.90 Å². The highest BCUT2D eigenvalue weighted by Crippen LogP contribution is 2.17. The molecule has 1 aromatic rings. The van der Waals surface area contributed by atoms with Crippen molar-refractivity contribution < 1.29 is 5.11 Å². The lowest BCUT2D eigenvalue weighted by Gasteiger charge is -2.15. The van der Waals surface area contributed by atoms with E-state index in [1.54, 1.807) is 11.8 Å². The fourth-order valence-electron chi connectivity index (χ4n) is 1.24. The van der Waals surface area contributed by atoms with Gasteiger partial charge in [0.05, 0.1) is 6.61 Å². The lowest BCUT2D eigenvalue weighted by molar-refractivity contribution is 0.254. The number of aliphatic hydroxyl groups is 1. The van der Waals surface area contributed by atoms with Crippen molar-refractivity contribution >= 4 is 11.8 Å². The van der Waals surface area contributed by atoms with E-state index in [9.17, 15) is 0 Å². The Hall–Kier alpha value is -0.510. The summed E-state index contributed by atoms with van der Waals surface area (Å²) in [5.41, 5.74) is 0. The topological polar surface area (TPSA) is 32.3 Å². The molecule has 0 radical (unpaired) electrons. The predicted octanol–water partition coefficient (Wildman–Crippen LogP) is 2.14. The monoisotopic (exact) mass is 225 g/mol. The van der Waals surface area contributed by atoms with Crippen LogP contribution < -0.4 is 5.32 Å². The molecule has 0 spiro atoms. The van der Waals surface area contributed by atoms with Gasteiger partial charge in [-0.2, -0.15) is 0 Å². The first kappa shape index (κ1) is 12.6. The maximum atomic E-state index is 9.15. The van der Waals surface area contributed by atoms with Gasteiger partial charge in [0.2, 0.25) is 0 Å². The van der Waals surface area contributed by atoms with Gasteiger partial charge in [-0.3, -0.25) is 0 Å². The Morgan fingerprint density at radius 1 is 1.33 bits per heavy atom. The zero-order valence-electron chi connectivity index (χ0n) is 9.15. The number of aliphatic hydroxyl groups excluding tert-OH is 1. The minimum Gasteiger partial charge on any atom is -0.395 e. The lowest BCUT2D eigenvalue weighted by Crippen LogP contribution is -2.35. The standard InChI is InChI=1S/C12H19NOS/c1-2-8-13-11(9-14)10-15-12-6-4-3-5-7-12/h3-7,11,13-14H,2,8-10H2,1H3. The molecule has 3 heteroatoms. The number of rotatable bonds is 7. The van der Waals surface area contributed by atoms with Gasteiger partial charge in [-0.1, -0.05) is 25.1 Å². The molecule has 0 saturated carbocycles. The molecule has 1 rings (SSSR count). The summed E-state index contributed by atoms with van der Waals surface area (Å²) in [6.07, 6.45) is 1.10. The average Bonchev–Trinajstić information content (AvgIpc) is 2.31. The third kappa shape index (κ3) is 5.21. The number of nitrogens with one attached hydrogen (secondary N) is 1. The molecule has 2 nitrogen and oxygen atoms in total. The molecule has 0 aliphatic heterocycles. The third-order valence-electron chi connectivity index (χ3n) is 2.10. The van der Waals surface area contributed by atoms with Crippen LogP contribution in [0, 0.1) is 0 Å². The summed E-state index contributed by atoms with van der Waals surface area (Å²) >= 11 is 1.78. The van der Waals surface area contributed by atoms with Crippen LogP contribution in [-0.4, -0.2) is 30.1 Å². The fourth-order valence-corrected chi connectivity index (χ4v) is 2.20. The summed E-state index contributed by atoms with van der Waals surface area (Å²) in [6, 6.07) is 10.5. The van der Waals surface area contributed by atoms with Gasteiger partial charge in [-0.15, -0.1) is 11.8 Å². The van der Waals surface area contributed by atoms with E-state index in [4.69, 9.17) is 5.11 Å². The van der Waals surface area contributed by atoms with Crippen LogP contribution in [0.5, 0.6) is 0 Å². The van der Waals surface area contributed by atoms with Crippen LogP contribution in [0.1, 0.15) is 13.3 Å². The summed E-state index contributed by atoms with van der Waals surface area (Å²) in [7, 11) is 0. The molecule has 84 valence electrons. The first-order valence-corrected chi connectivity index (χ1v) is 6.37. The van der Waals surface area contributed by atoms with Gasteiger partial charge in [0.25, 0.3) is 0 Å². The Labute approximate surface area is 96.1 Å². The van der Waals surface area contributed by atoms with E-state index >= 15 is 0 Å². The van der Waals surface area contributed by atoms with Crippen LogP contribution in [0.2, 0.25) is 0 Å². The molecule has 0 aromatic heterocycles. The van der Waals surface area contributed by atoms with Crippen LogP contribution in [0.15, 0.2) is 35.2 Å². The molecule has 0 saturated heterocycles. The Morgan fingerprint density at radius 3 is 2.67 bits per heavy atom. The molecule has 0 aliphatic rings. The first-order chi connectivity index (χ1) is 7.36. The molecule has 15 heavy (non-hydrogen) atoms. The van der Waals surface area contributed by atoms with Crippen molar-refractivity contribution in [3.63, 3.8) is 0 Å². The molecule has 0 amide bonds. The van der Waals surface area contributed by atoms with Gasteiger partial charge in [0.1, 0.15) is 0 Å². The van der Waals surface area contributed by atoms with Gasteiger partial charge in [-0.25, -0.2) is 0 Å². The summed E-state index contributed by atoms with van der Waals surface area (Å²) in [4.78, 5) is 1.26. The van der Waals surface area contributed by atoms with Crippen molar-refractivity contribution in [2.75, 3.05) is 18.9 Å². The van der Waals surface area contributed by atoms with Gasteiger partial charge >= 0.3 is 0 Å². The minimum absolute atomic E-state index is 0.204. The smallest absolute Gasteiger partial charge is 0.0592 e. The average molecular weight is 225 g/mol. The molecular weight excluding hydrogens is 206 g/mol. The largest absolute Gasteiger partial charge is 0.395 e. The van der Waals surface area contributed by atoms with Crippen LogP contribution >= 0.6 is 11.8 Å². The second kappa shape index (κ2) is 7.74. The normalized spacial score (nSPS) is 12.7. The van der Waals surface area contributed by atoms with Crippen molar-refractivity contribution in [1.82, 2.24) is 5.32 Å². The zero-order valence-corrected chi connectivity index (χ0v) is 9.96. The molecule has 1 aromatic carbocycles. The molecule has 0 heterocycles. The number of thioether (sulfide) groups is 1. The highest BCUT2D eigenvalue weighted by atomic mass is 32.2. The maximum Gasteiger partial charge on any atom is 0.0592 e. The molecule has 2 N–H and O–H groups in total. The van der Waals surface area contributed by atoms with Crippen LogP contribution in [0.25, 0.3) is 0 Å². The highest BCUT2D eigenvalue weighted by molar-refractivity contribution is 7.99. The number of benzene rings is 1. The third-order valence-corrected chi connectivity index (χ3v) is 3.27. The first-order valence-electron chi connectivity index (χ1n) is 5.39. The molecule has 0 aliphatic carbocycles. The van der Waals surface area contributed by atoms with Gasteiger partial charge in [0.15, 0.2) is 0 Å². The van der Waals surface area contributed by atoms with Gasteiger partial charge in [-0.05, 0) is 25.1 Å². The quantitative estimate of drug-likeness (QED) is 0.697. The van der Waals surface area contributed by atoms with Crippen molar-refractivity contribution in [1.29, 1.82) is 0 Å². The van der Waals surface area contributed by atoms with E-state index in [0.29, 0.717) is 0 Å². The molecular formula is C12H19NOS. The van der Waals surface area contributed by atoms with Crippen LogP contribution in [0.4, 0.5) is 0 Å². The number of hydrogen-bond acceptors (Lipinski definition) is 3. The van der Waals surface area contributed by atoms with Crippen LogP contribution in [0.3, 0.4) is 0 Å². The summed E-state index contributed by atoms with van der Waals surface area (Å²) in [6.45, 7) is 3.31. The minimum atomic E-state index is 0.204. The predicted molar refractivity (Wildman–Crippen MR) is 66.3 cm³/mol. The highest BCUT2D eigenvalue weighted by Gasteiger charge is 2.05. The number of hydrogen-bond donors (Lipinski definition) is 2. The van der Waals surface area contributed by atoms with E-state index in [2.05, 4.69) is 24.4 Å². The summed E-state index contributed by atoms with van der Waals surface area (Å²) < 4.78 is 0. The van der Waals surface area contributed by atoms with Crippen molar-refractivity contribution in [2.45, 2.75) is 24.3 Å². The lowest BCUT2D eigenvalue weighted by atomic mass is 10.3. The molecule has 0 bridgehead atoms. The molecule has 1 atom stereocenters. The second-order valence-corrected chi connectivity index (χ2v) is 4.55. The van der Waals surface area contributed by atoms with Crippen molar-refractivity contribution in [3.8, 4) is 0 Å². The van der Waals surface area contributed by atoms with E-state index < -0.39 is 0 Å². The Bertz CT molecular complexity index is 253. The van der Waals surface area contributed by atoms with Crippen molar-refractivity contribution in [3.05, 3.63) is 30.3 Å². The van der Waals surface area contributed by atoms with E-state index in [1.807, 2.05) is 18.2 Å². The molecule has 0 fully saturated rings. The Morgan fingerprint density at radius 2 is 2.07 bits per heavy atom. The van der Waals surface area contributed by atoms with Crippen LogP contribution in [-0.2, 0) is 0 Å². The maximum absolute atomic E-state index is 9.15. The summed E-state index contributed by atoms with van der Waals surface area (Å²) in [5.74, 6) is 0.917. The fraction of sp³-hybridized carbons (Fsp3) is 0.500.